The van der Waals surface area contributed by atoms with Crippen LogP contribution in [0.2, 0.25) is 0 Å². The highest BCUT2D eigenvalue weighted by Gasteiger charge is 2.37. The molecule has 2 nitrogen and oxygen atoms in total. The number of carbonyl (C=O) groups excluding carboxylic acids is 1. The minimum atomic E-state index is -0.633. The van der Waals surface area contributed by atoms with Gasteiger partial charge >= 0.3 is 0 Å². The van der Waals surface area contributed by atoms with Crippen molar-refractivity contribution >= 4 is 5.78 Å². The predicted molar refractivity (Wildman–Crippen MR) is 79.1 cm³/mol. The van der Waals surface area contributed by atoms with Crippen molar-refractivity contribution in [3.05, 3.63) is 35.4 Å². The summed E-state index contributed by atoms with van der Waals surface area (Å²) in [4.78, 5) is 14.9. The maximum Gasteiger partial charge on any atom is 0.143 e. The standard InChI is InChI=1S/C17H23F2NO/c1-12(2)20-9-7-17(3,8-10-20)16(21)11-13-14(18)5-4-6-15(13)19/h4-6,12H,7-11H2,1-3H3. The van der Waals surface area contributed by atoms with E-state index in [1.54, 1.807) is 0 Å². The number of hydrogen-bond donors (Lipinski definition) is 0. The molecular formula is C17H23F2NO. The van der Waals surface area contributed by atoms with Crippen LogP contribution in [0.25, 0.3) is 0 Å². The quantitative estimate of drug-likeness (QED) is 0.846. The summed E-state index contributed by atoms with van der Waals surface area (Å²) in [6, 6.07) is 4.19. The molecule has 1 saturated heterocycles. The van der Waals surface area contributed by atoms with Crippen molar-refractivity contribution in [2.24, 2.45) is 5.41 Å². The molecule has 0 bridgehead atoms. The highest BCUT2D eigenvalue weighted by Crippen LogP contribution is 2.34. The topological polar surface area (TPSA) is 20.3 Å². The lowest BCUT2D eigenvalue weighted by molar-refractivity contribution is -0.130. The van der Waals surface area contributed by atoms with Crippen molar-refractivity contribution in [3.63, 3.8) is 0 Å². The Bertz CT molecular complexity index is 499. The number of halogens is 2. The van der Waals surface area contributed by atoms with Gasteiger partial charge in [-0.3, -0.25) is 4.79 Å². The number of likely N-dealkylation sites (tertiary alicyclic amines) is 1. The van der Waals surface area contributed by atoms with E-state index < -0.39 is 17.0 Å². The number of ketones is 1. The average molecular weight is 295 g/mol. The molecule has 0 amide bonds. The Morgan fingerprint density at radius 3 is 2.24 bits per heavy atom. The van der Waals surface area contributed by atoms with Crippen LogP contribution in [0.15, 0.2) is 18.2 Å². The largest absolute Gasteiger partial charge is 0.301 e. The van der Waals surface area contributed by atoms with E-state index in [9.17, 15) is 13.6 Å². The third-order valence-electron chi connectivity index (χ3n) is 4.70. The fourth-order valence-corrected chi connectivity index (χ4v) is 2.89. The van der Waals surface area contributed by atoms with E-state index in [0.29, 0.717) is 6.04 Å². The van der Waals surface area contributed by atoms with Gasteiger partial charge in [-0.25, -0.2) is 8.78 Å². The molecule has 1 aliphatic rings. The second kappa shape index (κ2) is 6.22. The monoisotopic (exact) mass is 295 g/mol. The summed E-state index contributed by atoms with van der Waals surface area (Å²) in [5.41, 5.74) is -0.574. The molecule has 0 N–H and O–H groups in total. The summed E-state index contributed by atoms with van der Waals surface area (Å²) in [6.07, 6.45) is 1.34. The van der Waals surface area contributed by atoms with Crippen LogP contribution in [-0.2, 0) is 11.2 Å². The lowest BCUT2D eigenvalue weighted by Crippen LogP contribution is -2.45. The Kier molecular flexibility index (Phi) is 4.77. The zero-order valence-electron chi connectivity index (χ0n) is 13.0. The Labute approximate surface area is 125 Å². The number of hydrogen-bond acceptors (Lipinski definition) is 2. The molecule has 1 heterocycles. The zero-order chi connectivity index (χ0) is 15.6. The summed E-state index contributed by atoms with van der Waals surface area (Å²) < 4.78 is 27.3. The Morgan fingerprint density at radius 1 is 1.24 bits per heavy atom. The normalized spacial score (nSPS) is 19.0. The van der Waals surface area contributed by atoms with Crippen LogP contribution in [0.4, 0.5) is 8.78 Å². The van der Waals surface area contributed by atoms with Gasteiger partial charge < -0.3 is 4.90 Å². The third kappa shape index (κ3) is 3.49. The second-order valence-electron chi connectivity index (χ2n) is 6.49. The summed E-state index contributed by atoms with van der Waals surface area (Å²) in [5.74, 6) is -1.33. The minimum Gasteiger partial charge on any atom is -0.301 e. The lowest BCUT2D eigenvalue weighted by Gasteiger charge is -2.40. The molecule has 1 aromatic carbocycles. The molecule has 2 rings (SSSR count). The lowest BCUT2D eigenvalue weighted by atomic mass is 9.74. The van der Waals surface area contributed by atoms with Crippen LogP contribution in [0.3, 0.4) is 0 Å². The second-order valence-corrected chi connectivity index (χ2v) is 6.49. The van der Waals surface area contributed by atoms with E-state index in [1.165, 1.54) is 18.2 Å². The van der Waals surface area contributed by atoms with Gasteiger partial charge in [-0.2, -0.15) is 0 Å². The predicted octanol–water partition coefficient (Wildman–Crippen LogP) is 3.59. The fourth-order valence-electron chi connectivity index (χ4n) is 2.89. The van der Waals surface area contributed by atoms with Crippen LogP contribution >= 0.6 is 0 Å². The van der Waals surface area contributed by atoms with Crippen LogP contribution in [0.5, 0.6) is 0 Å². The van der Waals surface area contributed by atoms with E-state index in [1.807, 2.05) is 6.92 Å². The zero-order valence-corrected chi connectivity index (χ0v) is 13.0. The van der Waals surface area contributed by atoms with Gasteiger partial charge in [0.05, 0.1) is 0 Å². The van der Waals surface area contributed by atoms with Gasteiger partial charge in [0.2, 0.25) is 0 Å². The fraction of sp³-hybridized carbons (Fsp3) is 0.588. The van der Waals surface area contributed by atoms with Crippen LogP contribution in [0.1, 0.15) is 39.2 Å². The minimum absolute atomic E-state index is 0.0603. The molecule has 0 aromatic heterocycles. The van der Waals surface area contributed by atoms with Crippen molar-refractivity contribution in [3.8, 4) is 0 Å². The van der Waals surface area contributed by atoms with E-state index >= 15 is 0 Å². The van der Waals surface area contributed by atoms with Gasteiger partial charge in [-0.1, -0.05) is 13.0 Å². The average Bonchev–Trinajstić information content (AvgIpc) is 2.43. The van der Waals surface area contributed by atoms with Gasteiger partial charge in [-0.05, 0) is 51.9 Å². The maximum atomic E-state index is 13.7. The van der Waals surface area contributed by atoms with Gasteiger partial charge in [0.15, 0.2) is 0 Å². The van der Waals surface area contributed by atoms with Gasteiger partial charge in [0.25, 0.3) is 0 Å². The first-order valence-electron chi connectivity index (χ1n) is 7.54. The summed E-state index contributed by atoms with van der Waals surface area (Å²) in [7, 11) is 0. The third-order valence-corrected chi connectivity index (χ3v) is 4.70. The molecular weight excluding hydrogens is 272 g/mol. The Balaban J connectivity index is 2.07. The SMILES string of the molecule is CC(C)N1CCC(C)(C(=O)Cc2c(F)cccc2F)CC1. The molecule has 0 atom stereocenters. The molecule has 1 aliphatic heterocycles. The highest BCUT2D eigenvalue weighted by molar-refractivity contribution is 5.86. The molecule has 1 aromatic rings. The Hall–Kier alpha value is -1.29. The molecule has 1 fully saturated rings. The smallest absolute Gasteiger partial charge is 0.143 e. The van der Waals surface area contributed by atoms with Crippen LogP contribution in [0, 0.1) is 17.0 Å². The van der Waals surface area contributed by atoms with E-state index in [4.69, 9.17) is 0 Å². The first kappa shape index (κ1) is 16.1. The molecule has 21 heavy (non-hydrogen) atoms. The van der Waals surface area contributed by atoms with Gasteiger partial charge in [0, 0.05) is 23.4 Å². The highest BCUT2D eigenvalue weighted by atomic mass is 19.1. The number of benzene rings is 1. The number of carbonyl (C=O) groups is 1. The first-order valence-corrected chi connectivity index (χ1v) is 7.54. The van der Waals surface area contributed by atoms with Crippen LogP contribution in [-0.4, -0.2) is 29.8 Å². The summed E-state index contributed by atoms with van der Waals surface area (Å²) in [5, 5.41) is 0. The van der Waals surface area contributed by atoms with Crippen molar-refractivity contribution in [2.75, 3.05) is 13.1 Å². The van der Waals surface area contributed by atoms with E-state index in [2.05, 4.69) is 18.7 Å². The van der Waals surface area contributed by atoms with E-state index in [-0.39, 0.29) is 17.8 Å². The van der Waals surface area contributed by atoms with Gasteiger partial charge in [-0.15, -0.1) is 0 Å². The molecule has 0 radical (unpaired) electrons. The number of piperidine rings is 1. The van der Waals surface area contributed by atoms with E-state index in [0.717, 1.165) is 25.9 Å². The molecule has 0 unspecified atom stereocenters. The van der Waals surface area contributed by atoms with Gasteiger partial charge in [0.1, 0.15) is 17.4 Å². The van der Waals surface area contributed by atoms with Crippen LogP contribution < -0.4 is 0 Å². The molecule has 4 heteroatoms. The van der Waals surface area contributed by atoms with Crippen molar-refractivity contribution in [2.45, 2.75) is 46.1 Å². The molecule has 0 aliphatic carbocycles. The van der Waals surface area contributed by atoms with Crippen molar-refractivity contribution in [1.82, 2.24) is 4.90 Å². The summed E-state index contributed by atoms with van der Waals surface area (Å²) in [6.45, 7) is 7.92. The molecule has 0 saturated carbocycles. The Morgan fingerprint density at radius 2 is 1.76 bits per heavy atom. The summed E-state index contributed by atoms with van der Waals surface area (Å²) >= 11 is 0. The number of rotatable bonds is 4. The first-order chi connectivity index (χ1) is 9.83. The number of Topliss-reactive ketones (excluding diaryl/α,β-unsaturated/α-hetero) is 1. The van der Waals surface area contributed by atoms with Crippen molar-refractivity contribution < 1.29 is 13.6 Å². The maximum absolute atomic E-state index is 13.7. The number of nitrogens with zero attached hydrogens (tertiary/aromatic N) is 1. The van der Waals surface area contributed by atoms with Crippen molar-refractivity contribution in [1.29, 1.82) is 0 Å². The molecule has 116 valence electrons. The molecule has 0 spiro atoms.